The Morgan fingerprint density at radius 1 is 1.09 bits per heavy atom. The highest BCUT2D eigenvalue weighted by atomic mass is 16.6. The summed E-state index contributed by atoms with van der Waals surface area (Å²) >= 11 is 0. The van der Waals surface area contributed by atoms with E-state index in [1.54, 1.807) is 45.0 Å². The van der Waals surface area contributed by atoms with Gasteiger partial charge in [-0.15, -0.1) is 0 Å². The van der Waals surface area contributed by atoms with Gasteiger partial charge in [-0.3, -0.25) is 9.69 Å². The molecule has 2 atom stereocenters. The lowest BCUT2D eigenvalue weighted by Crippen LogP contribution is -2.63. The van der Waals surface area contributed by atoms with Gasteiger partial charge in [0.05, 0.1) is 6.10 Å². The number of ether oxygens (including phenoxy) is 2. The quantitative estimate of drug-likeness (QED) is 0.572. The normalized spacial score (nSPS) is 18.1. The number of hydrogen-bond donors (Lipinski definition) is 3. The molecule has 2 rings (SSSR count). The summed E-state index contributed by atoms with van der Waals surface area (Å²) in [4.78, 5) is 40.9. The van der Waals surface area contributed by atoms with Crippen molar-refractivity contribution >= 4 is 18.1 Å². The van der Waals surface area contributed by atoms with Crippen molar-refractivity contribution in [3.63, 3.8) is 0 Å². The van der Waals surface area contributed by atoms with Gasteiger partial charge >= 0.3 is 12.2 Å². The van der Waals surface area contributed by atoms with Crippen molar-refractivity contribution in [3.05, 3.63) is 30.3 Å². The number of para-hydroxylation sites is 1. The fraction of sp³-hybridized carbons (Fsp3) is 0.625. The van der Waals surface area contributed by atoms with E-state index in [-0.39, 0.29) is 25.5 Å². The number of alkyl carbamates (subject to hydrolysis) is 1. The number of rotatable bonds is 6. The fourth-order valence-electron chi connectivity index (χ4n) is 3.41. The van der Waals surface area contributed by atoms with E-state index in [4.69, 9.17) is 9.47 Å². The number of carbonyl (C=O) groups excluding carboxylic acids is 3. The summed E-state index contributed by atoms with van der Waals surface area (Å²) in [6.45, 7) is 11.8. The van der Waals surface area contributed by atoms with Gasteiger partial charge in [0.1, 0.15) is 17.4 Å². The van der Waals surface area contributed by atoms with Crippen LogP contribution in [0.15, 0.2) is 30.3 Å². The zero-order valence-corrected chi connectivity index (χ0v) is 21.0. The summed E-state index contributed by atoms with van der Waals surface area (Å²) in [6, 6.07) is 8.05. The van der Waals surface area contributed by atoms with E-state index in [0.29, 0.717) is 18.8 Å². The van der Waals surface area contributed by atoms with E-state index in [2.05, 4.69) is 10.6 Å². The summed E-state index contributed by atoms with van der Waals surface area (Å²) < 4.78 is 10.6. The Hall–Kier alpha value is -2.85. The van der Waals surface area contributed by atoms with Crippen LogP contribution in [0.25, 0.3) is 0 Å². The smallest absolute Gasteiger partial charge is 0.415 e. The minimum absolute atomic E-state index is 0.0290. The maximum absolute atomic E-state index is 13.1. The third-order valence-corrected chi connectivity index (χ3v) is 4.82. The number of carbonyl (C=O) groups is 3. The van der Waals surface area contributed by atoms with Gasteiger partial charge < -0.3 is 30.1 Å². The van der Waals surface area contributed by atoms with E-state index >= 15 is 0 Å². The topological polar surface area (TPSA) is 120 Å². The lowest BCUT2D eigenvalue weighted by Gasteiger charge is -2.41. The summed E-state index contributed by atoms with van der Waals surface area (Å²) in [5.41, 5.74) is -1.11. The van der Waals surface area contributed by atoms with Crippen molar-refractivity contribution in [3.8, 4) is 5.75 Å². The molecular weight excluding hydrogens is 440 g/mol. The highest BCUT2D eigenvalue weighted by molar-refractivity contribution is 5.83. The maximum Gasteiger partial charge on any atom is 0.415 e. The lowest BCUT2D eigenvalue weighted by molar-refractivity contribution is -0.130. The maximum atomic E-state index is 13.1. The summed E-state index contributed by atoms with van der Waals surface area (Å²) in [5, 5.41) is 16.0. The SMILES string of the molecule is CC(C)(C)NC(=O)C1CN(C(=O)Oc2ccccc2)CCN1C[C@@H](O)CNC(=O)OC(C)(C)C. The van der Waals surface area contributed by atoms with Crippen LogP contribution in [0, 0.1) is 0 Å². The molecule has 1 aliphatic heterocycles. The van der Waals surface area contributed by atoms with Gasteiger partial charge in [0, 0.05) is 38.3 Å². The predicted octanol–water partition coefficient (Wildman–Crippen LogP) is 1.97. The molecule has 34 heavy (non-hydrogen) atoms. The average Bonchev–Trinajstić information content (AvgIpc) is 2.70. The molecule has 0 bridgehead atoms. The third-order valence-electron chi connectivity index (χ3n) is 4.82. The molecule has 0 aliphatic carbocycles. The second kappa shape index (κ2) is 11.5. The average molecular weight is 479 g/mol. The van der Waals surface area contributed by atoms with E-state index < -0.39 is 35.5 Å². The highest BCUT2D eigenvalue weighted by Crippen LogP contribution is 2.16. The van der Waals surface area contributed by atoms with Gasteiger partial charge in [-0.2, -0.15) is 0 Å². The van der Waals surface area contributed by atoms with Gasteiger partial charge in [0.15, 0.2) is 0 Å². The van der Waals surface area contributed by atoms with Crippen LogP contribution in [0.1, 0.15) is 41.5 Å². The zero-order chi connectivity index (χ0) is 25.5. The standard InChI is InChI=1S/C24H38N4O6/c1-23(2,3)26-20(30)19-16-28(22(32)33-18-10-8-7-9-11-18)13-12-27(19)15-17(29)14-25-21(31)34-24(4,5)6/h7-11,17,19,29H,12-16H2,1-6H3,(H,25,31)(H,26,30)/t17-,19?/m0/s1. The van der Waals surface area contributed by atoms with Crippen LogP contribution < -0.4 is 15.4 Å². The van der Waals surface area contributed by atoms with E-state index in [0.717, 1.165) is 0 Å². The number of nitrogens with zero attached hydrogens (tertiary/aromatic N) is 2. The second-order valence-corrected chi connectivity index (χ2v) is 10.4. The minimum atomic E-state index is -0.930. The number of nitrogens with one attached hydrogen (secondary N) is 2. The van der Waals surface area contributed by atoms with Crippen LogP contribution in [0.4, 0.5) is 9.59 Å². The molecule has 1 aromatic rings. The predicted molar refractivity (Wildman–Crippen MR) is 128 cm³/mol. The molecule has 1 fully saturated rings. The van der Waals surface area contributed by atoms with E-state index in [1.807, 2.05) is 31.7 Å². The molecular formula is C24H38N4O6. The molecule has 0 spiro atoms. The molecule has 1 unspecified atom stereocenters. The lowest BCUT2D eigenvalue weighted by atomic mass is 10.1. The molecule has 1 heterocycles. The third kappa shape index (κ3) is 9.56. The van der Waals surface area contributed by atoms with Crippen LogP contribution in [-0.2, 0) is 9.53 Å². The van der Waals surface area contributed by atoms with Crippen molar-refractivity contribution in [2.24, 2.45) is 0 Å². The largest absolute Gasteiger partial charge is 0.444 e. The van der Waals surface area contributed by atoms with Crippen LogP contribution in [0.3, 0.4) is 0 Å². The Kier molecular flexibility index (Phi) is 9.29. The molecule has 1 saturated heterocycles. The first kappa shape index (κ1) is 27.4. The molecule has 0 radical (unpaired) electrons. The molecule has 1 aliphatic rings. The molecule has 10 nitrogen and oxygen atoms in total. The molecule has 3 N–H and O–H groups in total. The zero-order valence-electron chi connectivity index (χ0n) is 21.0. The van der Waals surface area contributed by atoms with Crippen LogP contribution in [0.5, 0.6) is 5.75 Å². The number of piperazine rings is 1. The fourth-order valence-corrected chi connectivity index (χ4v) is 3.41. The van der Waals surface area contributed by atoms with Gasteiger partial charge in [-0.1, -0.05) is 18.2 Å². The Morgan fingerprint density at radius 2 is 1.74 bits per heavy atom. The number of aliphatic hydroxyl groups is 1. The molecule has 190 valence electrons. The molecule has 3 amide bonds. The number of aliphatic hydroxyl groups excluding tert-OH is 1. The van der Waals surface area contributed by atoms with Crippen LogP contribution in [0.2, 0.25) is 0 Å². The Bertz CT molecular complexity index is 834. The van der Waals surface area contributed by atoms with Crippen molar-refractivity contribution < 1.29 is 29.0 Å². The Balaban J connectivity index is 2.02. The van der Waals surface area contributed by atoms with E-state index in [1.165, 1.54) is 4.90 Å². The highest BCUT2D eigenvalue weighted by Gasteiger charge is 2.37. The summed E-state index contributed by atoms with van der Waals surface area (Å²) in [6.07, 6.45) is -2.09. The van der Waals surface area contributed by atoms with Gasteiger partial charge in [-0.05, 0) is 53.7 Å². The van der Waals surface area contributed by atoms with Crippen LogP contribution in [-0.4, -0.2) is 89.0 Å². The molecule has 1 aromatic carbocycles. The van der Waals surface area contributed by atoms with Gasteiger partial charge in [-0.25, -0.2) is 9.59 Å². The molecule has 0 saturated carbocycles. The van der Waals surface area contributed by atoms with Crippen LogP contribution >= 0.6 is 0 Å². The number of benzene rings is 1. The Morgan fingerprint density at radius 3 is 2.32 bits per heavy atom. The van der Waals surface area contributed by atoms with Crippen molar-refractivity contribution in [1.82, 2.24) is 20.4 Å². The number of hydrogen-bond acceptors (Lipinski definition) is 7. The second-order valence-electron chi connectivity index (χ2n) is 10.4. The first-order chi connectivity index (χ1) is 15.7. The van der Waals surface area contributed by atoms with Crippen molar-refractivity contribution in [1.29, 1.82) is 0 Å². The summed E-state index contributed by atoms with van der Waals surface area (Å²) in [7, 11) is 0. The monoisotopic (exact) mass is 478 g/mol. The first-order valence-electron chi connectivity index (χ1n) is 11.5. The summed E-state index contributed by atoms with van der Waals surface area (Å²) in [5.74, 6) is 0.172. The van der Waals surface area contributed by atoms with Crippen molar-refractivity contribution in [2.75, 3.05) is 32.7 Å². The molecule has 0 aromatic heterocycles. The minimum Gasteiger partial charge on any atom is -0.444 e. The molecule has 10 heteroatoms. The van der Waals surface area contributed by atoms with Gasteiger partial charge in [0.2, 0.25) is 5.91 Å². The Labute approximate surface area is 201 Å². The van der Waals surface area contributed by atoms with Gasteiger partial charge in [0.25, 0.3) is 0 Å². The van der Waals surface area contributed by atoms with E-state index in [9.17, 15) is 19.5 Å². The van der Waals surface area contributed by atoms with Crippen molar-refractivity contribution in [2.45, 2.75) is 64.8 Å². The first-order valence-corrected chi connectivity index (χ1v) is 11.5. The number of amides is 3. The number of β-amino-alcohol motifs (C(OH)–C–C–N with tert-alkyl or cyclic N) is 1.